The summed E-state index contributed by atoms with van der Waals surface area (Å²) in [4.78, 5) is 18.0. The van der Waals surface area contributed by atoms with Crippen molar-refractivity contribution >= 4 is 16.8 Å². The van der Waals surface area contributed by atoms with Gasteiger partial charge in [0.2, 0.25) is 5.91 Å². The summed E-state index contributed by atoms with van der Waals surface area (Å²) in [7, 11) is 0. The molecule has 3 nitrogen and oxygen atoms in total. The number of carbonyl (C=O) groups is 1. The van der Waals surface area contributed by atoms with Crippen molar-refractivity contribution in [3.8, 4) is 12.3 Å². The molecule has 2 heterocycles. The van der Waals surface area contributed by atoms with Crippen LogP contribution in [0.25, 0.3) is 10.9 Å². The van der Waals surface area contributed by atoms with E-state index in [0.29, 0.717) is 19.5 Å². The monoisotopic (exact) mass is 250 g/mol. The molecule has 0 aliphatic carbocycles. The van der Waals surface area contributed by atoms with E-state index in [9.17, 15) is 4.79 Å². The number of amides is 1. The number of carbonyl (C=O) groups excluding carboxylic acids is 1. The standard InChI is InChI=1S/C16H14N2O/c1-2-12-9-16(19)18(10-12)11-13-5-6-14-4-3-7-17-15(14)8-13/h1,3-8,12H,9-11H2. The Balaban J connectivity index is 1.82. The number of terminal acetylenes is 1. The molecule has 1 unspecified atom stereocenters. The van der Waals surface area contributed by atoms with E-state index in [0.717, 1.165) is 16.5 Å². The Morgan fingerprint density at radius 2 is 2.32 bits per heavy atom. The quantitative estimate of drug-likeness (QED) is 0.766. The lowest BCUT2D eigenvalue weighted by Gasteiger charge is -2.16. The molecule has 0 radical (unpaired) electrons. The average Bonchev–Trinajstić information content (AvgIpc) is 2.79. The summed E-state index contributed by atoms with van der Waals surface area (Å²) in [6.07, 6.45) is 7.64. The van der Waals surface area contributed by atoms with Crippen LogP contribution >= 0.6 is 0 Å². The van der Waals surface area contributed by atoms with Crippen LogP contribution in [0.5, 0.6) is 0 Å². The van der Waals surface area contributed by atoms with Crippen LogP contribution in [0.2, 0.25) is 0 Å². The third-order valence-corrected chi connectivity index (χ3v) is 3.49. The smallest absolute Gasteiger partial charge is 0.224 e. The van der Waals surface area contributed by atoms with Crippen LogP contribution in [-0.4, -0.2) is 22.3 Å². The van der Waals surface area contributed by atoms with Gasteiger partial charge in [0.25, 0.3) is 0 Å². The van der Waals surface area contributed by atoms with Crippen LogP contribution in [0.1, 0.15) is 12.0 Å². The van der Waals surface area contributed by atoms with Crippen molar-refractivity contribution in [3.63, 3.8) is 0 Å². The van der Waals surface area contributed by atoms with Gasteiger partial charge in [-0.1, -0.05) is 18.2 Å². The Kier molecular flexibility index (Phi) is 2.92. The Labute approximate surface area is 112 Å². The third kappa shape index (κ3) is 2.30. The molecule has 19 heavy (non-hydrogen) atoms. The highest BCUT2D eigenvalue weighted by Gasteiger charge is 2.27. The number of rotatable bonds is 2. The van der Waals surface area contributed by atoms with Gasteiger partial charge in [-0.2, -0.15) is 0 Å². The molecule has 1 aliphatic rings. The van der Waals surface area contributed by atoms with Crippen molar-refractivity contribution in [3.05, 3.63) is 42.1 Å². The van der Waals surface area contributed by atoms with Crippen molar-refractivity contribution in [1.82, 2.24) is 9.88 Å². The number of nitrogens with zero attached hydrogens (tertiary/aromatic N) is 2. The van der Waals surface area contributed by atoms with Gasteiger partial charge in [0.15, 0.2) is 0 Å². The number of aromatic nitrogens is 1. The zero-order valence-corrected chi connectivity index (χ0v) is 10.5. The first-order chi connectivity index (χ1) is 9.26. The van der Waals surface area contributed by atoms with Crippen molar-refractivity contribution in [1.29, 1.82) is 0 Å². The first kappa shape index (κ1) is 11.7. The fourth-order valence-electron chi connectivity index (χ4n) is 2.47. The van der Waals surface area contributed by atoms with E-state index in [1.54, 1.807) is 6.20 Å². The zero-order chi connectivity index (χ0) is 13.2. The molecule has 0 spiro atoms. The molecule has 0 bridgehead atoms. The summed E-state index contributed by atoms with van der Waals surface area (Å²) in [5, 5.41) is 1.11. The first-order valence-electron chi connectivity index (χ1n) is 6.34. The van der Waals surface area contributed by atoms with Gasteiger partial charge in [0.05, 0.1) is 5.52 Å². The summed E-state index contributed by atoms with van der Waals surface area (Å²) >= 11 is 0. The van der Waals surface area contributed by atoms with Crippen LogP contribution in [-0.2, 0) is 11.3 Å². The van der Waals surface area contributed by atoms with E-state index in [-0.39, 0.29) is 11.8 Å². The molecule has 1 aromatic carbocycles. The molecule has 3 heteroatoms. The normalized spacial score (nSPS) is 18.8. The number of likely N-dealkylation sites (tertiary alicyclic amines) is 1. The van der Waals surface area contributed by atoms with E-state index >= 15 is 0 Å². The Morgan fingerprint density at radius 1 is 1.42 bits per heavy atom. The van der Waals surface area contributed by atoms with Gasteiger partial charge in [-0.3, -0.25) is 9.78 Å². The number of hydrogen-bond donors (Lipinski definition) is 0. The first-order valence-corrected chi connectivity index (χ1v) is 6.34. The van der Waals surface area contributed by atoms with Crippen LogP contribution in [0.4, 0.5) is 0 Å². The van der Waals surface area contributed by atoms with E-state index in [4.69, 9.17) is 6.42 Å². The van der Waals surface area contributed by atoms with Crippen LogP contribution in [0.3, 0.4) is 0 Å². The molecule has 1 aliphatic heterocycles. The Morgan fingerprint density at radius 3 is 3.11 bits per heavy atom. The maximum atomic E-state index is 11.8. The second-order valence-electron chi connectivity index (χ2n) is 4.87. The van der Waals surface area contributed by atoms with Crippen LogP contribution in [0, 0.1) is 18.3 Å². The summed E-state index contributed by atoms with van der Waals surface area (Å²) in [5.41, 5.74) is 2.05. The van der Waals surface area contributed by atoms with Gasteiger partial charge in [0, 0.05) is 37.0 Å². The highest BCUT2D eigenvalue weighted by atomic mass is 16.2. The number of pyridine rings is 1. The molecule has 2 aromatic rings. The largest absolute Gasteiger partial charge is 0.337 e. The molecule has 1 aromatic heterocycles. The topological polar surface area (TPSA) is 33.2 Å². The highest BCUT2D eigenvalue weighted by molar-refractivity contribution is 5.80. The fourth-order valence-corrected chi connectivity index (χ4v) is 2.47. The highest BCUT2D eigenvalue weighted by Crippen LogP contribution is 2.21. The zero-order valence-electron chi connectivity index (χ0n) is 10.5. The molecule has 94 valence electrons. The fraction of sp³-hybridized carbons (Fsp3) is 0.250. The molecule has 1 atom stereocenters. The van der Waals surface area contributed by atoms with Crippen LogP contribution in [0.15, 0.2) is 36.5 Å². The van der Waals surface area contributed by atoms with Gasteiger partial charge in [-0.05, 0) is 17.7 Å². The van der Waals surface area contributed by atoms with E-state index in [1.807, 2.05) is 35.2 Å². The molecule has 1 saturated heterocycles. The third-order valence-electron chi connectivity index (χ3n) is 3.49. The molecule has 1 fully saturated rings. The van der Waals surface area contributed by atoms with Gasteiger partial charge in [-0.25, -0.2) is 0 Å². The molecular formula is C16H14N2O. The van der Waals surface area contributed by atoms with Crippen molar-refractivity contribution < 1.29 is 4.79 Å². The number of fused-ring (bicyclic) bond motifs is 1. The minimum atomic E-state index is 0.0612. The average molecular weight is 250 g/mol. The molecule has 3 rings (SSSR count). The summed E-state index contributed by atoms with van der Waals surface area (Å²) < 4.78 is 0. The van der Waals surface area contributed by atoms with Crippen molar-refractivity contribution in [2.75, 3.05) is 6.54 Å². The lowest BCUT2D eigenvalue weighted by atomic mass is 10.1. The van der Waals surface area contributed by atoms with Crippen molar-refractivity contribution in [2.45, 2.75) is 13.0 Å². The second kappa shape index (κ2) is 4.74. The number of benzene rings is 1. The van der Waals surface area contributed by atoms with E-state index < -0.39 is 0 Å². The van der Waals surface area contributed by atoms with E-state index in [2.05, 4.69) is 10.9 Å². The lowest BCUT2D eigenvalue weighted by molar-refractivity contribution is -0.128. The lowest BCUT2D eigenvalue weighted by Crippen LogP contribution is -2.24. The van der Waals surface area contributed by atoms with Crippen LogP contribution < -0.4 is 0 Å². The van der Waals surface area contributed by atoms with E-state index in [1.165, 1.54) is 0 Å². The van der Waals surface area contributed by atoms with Gasteiger partial charge >= 0.3 is 0 Å². The summed E-state index contributed by atoms with van der Waals surface area (Å²) in [6, 6.07) is 10.1. The maximum absolute atomic E-state index is 11.8. The molecule has 1 amide bonds. The molecule has 0 N–H and O–H groups in total. The Bertz CT molecular complexity index is 672. The summed E-state index contributed by atoms with van der Waals surface area (Å²) in [5.74, 6) is 2.87. The molecule has 0 saturated carbocycles. The maximum Gasteiger partial charge on any atom is 0.224 e. The predicted octanol–water partition coefficient (Wildman–Crippen LogP) is 2.22. The minimum absolute atomic E-state index is 0.0612. The van der Waals surface area contributed by atoms with Gasteiger partial charge in [0.1, 0.15) is 0 Å². The number of hydrogen-bond acceptors (Lipinski definition) is 2. The Hall–Kier alpha value is -2.34. The predicted molar refractivity (Wildman–Crippen MR) is 74.1 cm³/mol. The summed E-state index contributed by atoms with van der Waals surface area (Å²) in [6.45, 7) is 1.28. The molecular weight excluding hydrogens is 236 g/mol. The second-order valence-corrected chi connectivity index (χ2v) is 4.87. The van der Waals surface area contributed by atoms with Gasteiger partial charge < -0.3 is 4.90 Å². The van der Waals surface area contributed by atoms with Gasteiger partial charge in [-0.15, -0.1) is 12.3 Å². The SMILES string of the molecule is C#CC1CC(=O)N(Cc2ccc3cccnc3c2)C1. The van der Waals surface area contributed by atoms with Crippen molar-refractivity contribution in [2.24, 2.45) is 5.92 Å². The minimum Gasteiger partial charge on any atom is -0.337 e.